The van der Waals surface area contributed by atoms with Crippen molar-refractivity contribution in [3.63, 3.8) is 0 Å². The van der Waals surface area contributed by atoms with Crippen LogP contribution in [0.4, 0.5) is 10.1 Å². The van der Waals surface area contributed by atoms with Crippen LogP contribution in [0.2, 0.25) is 0 Å². The lowest BCUT2D eigenvalue weighted by molar-refractivity contribution is 0.102. The summed E-state index contributed by atoms with van der Waals surface area (Å²) in [6.45, 7) is 3.73. The average Bonchev–Trinajstić information content (AvgIpc) is 3.02. The molecule has 5 nitrogen and oxygen atoms in total. The molecule has 124 valence electrons. The van der Waals surface area contributed by atoms with E-state index >= 15 is 0 Å². The van der Waals surface area contributed by atoms with Gasteiger partial charge in [0.15, 0.2) is 5.69 Å². The number of hydrogen-bond donors (Lipinski definition) is 2. The molecule has 7 heteroatoms. The molecule has 2 heterocycles. The smallest absolute Gasteiger partial charge is 0.276 e. The Kier molecular flexibility index (Phi) is 5.74. The van der Waals surface area contributed by atoms with Crippen molar-refractivity contribution in [1.29, 1.82) is 0 Å². The molecule has 1 aromatic carbocycles. The number of nitrogens with zero attached hydrogens (tertiary/aromatic N) is 2. The van der Waals surface area contributed by atoms with E-state index in [2.05, 4.69) is 15.7 Å². The largest absolute Gasteiger partial charge is 0.318 e. The lowest BCUT2D eigenvalue weighted by Gasteiger charge is -2.22. The number of rotatable bonds is 3. The van der Waals surface area contributed by atoms with Crippen LogP contribution in [-0.2, 0) is 0 Å². The molecule has 1 aliphatic rings. The van der Waals surface area contributed by atoms with Crippen molar-refractivity contribution in [2.24, 2.45) is 0 Å². The topological polar surface area (TPSA) is 59.0 Å². The van der Waals surface area contributed by atoms with E-state index in [9.17, 15) is 9.18 Å². The Balaban J connectivity index is 0.00000192. The molecule has 2 aromatic rings. The van der Waals surface area contributed by atoms with Gasteiger partial charge in [0.25, 0.3) is 5.91 Å². The third kappa shape index (κ3) is 4.09. The number of carbonyl (C=O) groups excluding carboxylic acids is 1. The molecule has 3 rings (SSSR count). The summed E-state index contributed by atoms with van der Waals surface area (Å²) >= 11 is 0. The molecule has 0 radical (unpaired) electrons. The minimum atomic E-state index is -0.449. The molecular formula is C16H20ClFN4O. The van der Waals surface area contributed by atoms with Gasteiger partial charge in [0.2, 0.25) is 0 Å². The van der Waals surface area contributed by atoms with Crippen LogP contribution in [0.15, 0.2) is 30.5 Å². The summed E-state index contributed by atoms with van der Waals surface area (Å²) in [5.74, 6) is -0.845. The molecule has 0 bridgehead atoms. The summed E-state index contributed by atoms with van der Waals surface area (Å²) in [5, 5.41) is 10.2. The molecule has 0 aliphatic carbocycles. The quantitative estimate of drug-likeness (QED) is 0.904. The van der Waals surface area contributed by atoms with Gasteiger partial charge in [-0.15, -0.1) is 12.4 Å². The number of halogens is 2. The SMILES string of the molecule is Cc1ccc(F)c(NC(=O)c2ccn(C3CCCNC3)n2)c1.Cl. The molecule has 1 fully saturated rings. The Morgan fingerprint density at radius 3 is 3.00 bits per heavy atom. The fourth-order valence-corrected chi connectivity index (χ4v) is 2.64. The van der Waals surface area contributed by atoms with Crippen LogP contribution in [0, 0.1) is 12.7 Å². The predicted octanol–water partition coefficient (Wildman–Crippen LogP) is 2.93. The van der Waals surface area contributed by atoms with E-state index in [1.54, 1.807) is 24.4 Å². The fraction of sp³-hybridized carbons (Fsp3) is 0.375. The summed E-state index contributed by atoms with van der Waals surface area (Å²) in [6, 6.07) is 6.55. The lowest BCUT2D eigenvalue weighted by atomic mass is 10.1. The Morgan fingerprint density at radius 2 is 2.26 bits per heavy atom. The van der Waals surface area contributed by atoms with Crippen molar-refractivity contribution in [2.45, 2.75) is 25.8 Å². The normalized spacial score (nSPS) is 17.4. The highest BCUT2D eigenvalue weighted by Crippen LogP contribution is 2.18. The molecule has 1 atom stereocenters. The van der Waals surface area contributed by atoms with E-state index in [0.717, 1.165) is 31.5 Å². The first-order chi connectivity index (χ1) is 10.6. The molecule has 1 aromatic heterocycles. The maximum atomic E-state index is 13.7. The van der Waals surface area contributed by atoms with E-state index in [1.807, 2.05) is 11.6 Å². The third-order valence-corrected chi connectivity index (χ3v) is 3.86. The predicted molar refractivity (Wildman–Crippen MR) is 89.7 cm³/mol. The van der Waals surface area contributed by atoms with Crippen LogP contribution in [0.5, 0.6) is 0 Å². The van der Waals surface area contributed by atoms with Gasteiger partial charge in [0, 0.05) is 12.7 Å². The molecule has 2 N–H and O–H groups in total. The number of benzene rings is 1. The van der Waals surface area contributed by atoms with Crippen LogP contribution in [0.1, 0.15) is 34.9 Å². The highest BCUT2D eigenvalue weighted by Gasteiger charge is 2.18. The van der Waals surface area contributed by atoms with E-state index < -0.39 is 11.7 Å². The highest BCUT2D eigenvalue weighted by molar-refractivity contribution is 6.02. The maximum Gasteiger partial charge on any atom is 0.276 e. The van der Waals surface area contributed by atoms with Crippen LogP contribution in [-0.4, -0.2) is 28.8 Å². The number of hydrogen-bond acceptors (Lipinski definition) is 3. The summed E-state index contributed by atoms with van der Waals surface area (Å²) in [5.41, 5.74) is 1.36. The zero-order chi connectivity index (χ0) is 15.5. The van der Waals surface area contributed by atoms with Crippen molar-refractivity contribution in [3.8, 4) is 0 Å². The second kappa shape index (κ2) is 7.57. The molecule has 1 unspecified atom stereocenters. The van der Waals surface area contributed by atoms with Gasteiger partial charge in [-0.25, -0.2) is 4.39 Å². The van der Waals surface area contributed by atoms with Gasteiger partial charge in [-0.2, -0.15) is 5.10 Å². The summed E-state index contributed by atoms with van der Waals surface area (Å²) in [7, 11) is 0. The number of carbonyl (C=O) groups is 1. The van der Waals surface area contributed by atoms with Gasteiger partial charge in [-0.05, 0) is 50.1 Å². The minimum Gasteiger partial charge on any atom is -0.318 e. The molecule has 23 heavy (non-hydrogen) atoms. The Labute approximate surface area is 140 Å². The molecular weight excluding hydrogens is 319 g/mol. The molecule has 1 amide bonds. The lowest BCUT2D eigenvalue weighted by Crippen LogP contribution is -2.32. The van der Waals surface area contributed by atoms with Gasteiger partial charge in [0.1, 0.15) is 5.82 Å². The Morgan fingerprint density at radius 1 is 1.43 bits per heavy atom. The third-order valence-electron chi connectivity index (χ3n) is 3.86. The first kappa shape index (κ1) is 17.4. The zero-order valence-electron chi connectivity index (χ0n) is 12.9. The minimum absolute atomic E-state index is 0. The summed E-state index contributed by atoms with van der Waals surface area (Å²) in [4.78, 5) is 12.2. The number of amides is 1. The second-order valence-corrected chi connectivity index (χ2v) is 5.62. The fourth-order valence-electron chi connectivity index (χ4n) is 2.64. The number of piperidine rings is 1. The van der Waals surface area contributed by atoms with Crippen LogP contribution in [0.25, 0.3) is 0 Å². The van der Waals surface area contributed by atoms with Gasteiger partial charge in [-0.3, -0.25) is 9.48 Å². The number of nitrogens with one attached hydrogen (secondary N) is 2. The molecule has 1 aliphatic heterocycles. The standard InChI is InChI=1S/C16H19FN4O.ClH/c1-11-4-5-13(17)15(9-11)19-16(22)14-6-8-21(20-14)12-3-2-7-18-10-12;/h4-6,8-9,12,18H,2-3,7,10H2,1H3,(H,19,22);1H. The molecule has 0 spiro atoms. The zero-order valence-corrected chi connectivity index (χ0v) is 13.7. The summed E-state index contributed by atoms with van der Waals surface area (Å²) < 4.78 is 15.5. The maximum absolute atomic E-state index is 13.7. The van der Waals surface area contributed by atoms with Crippen LogP contribution < -0.4 is 10.6 Å². The van der Waals surface area contributed by atoms with E-state index in [1.165, 1.54) is 6.07 Å². The monoisotopic (exact) mass is 338 g/mol. The second-order valence-electron chi connectivity index (χ2n) is 5.62. The van der Waals surface area contributed by atoms with E-state index in [0.29, 0.717) is 5.69 Å². The van der Waals surface area contributed by atoms with Crippen molar-refractivity contribution in [1.82, 2.24) is 15.1 Å². The van der Waals surface area contributed by atoms with Crippen molar-refractivity contribution >= 4 is 24.0 Å². The van der Waals surface area contributed by atoms with Crippen molar-refractivity contribution in [3.05, 3.63) is 47.5 Å². The van der Waals surface area contributed by atoms with Gasteiger partial charge >= 0.3 is 0 Å². The molecule has 1 saturated heterocycles. The van der Waals surface area contributed by atoms with Gasteiger partial charge < -0.3 is 10.6 Å². The Bertz CT molecular complexity index is 682. The van der Waals surface area contributed by atoms with E-state index in [-0.39, 0.29) is 24.1 Å². The van der Waals surface area contributed by atoms with Gasteiger partial charge in [0.05, 0.1) is 11.7 Å². The number of aryl methyl sites for hydroxylation is 1. The molecule has 0 saturated carbocycles. The summed E-state index contributed by atoms with van der Waals surface area (Å²) in [6.07, 6.45) is 3.95. The highest BCUT2D eigenvalue weighted by atomic mass is 35.5. The van der Waals surface area contributed by atoms with Crippen LogP contribution in [0.3, 0.4) is 0 Å². The number of anilines is 1. The van der Waals surface area contributed by atoms with Crippen molar-refractivity contribution in [2.75, 3.05) is 18.4 Å². The van der Waals surface area contributed by atoms with Gasteiger partial charge in [-0.1, -0.05) is 6.07 Å². The Hall–Kier alpha value is -1.92. The first-order valence-electron chi connectivity index (χ1n) is 7.47. The first-order valence-corrected chi connectivity index (χ1v) is 7.47. The number of aromatic nitrogens is 2. The average molecular weight is 339 g/mol. The van der Waals surface area contributed by atoms with Crippen molar-refractivity contribution < 1.29 is 9.18 Å². The van der Waals surface area contributed by atoms with E-state index in [4.69, 9.17) is 0 Å². The van der Waals surface area contributed by atoms with Crippen LogP contribution >= 0.6 is 12.4 Å².